The normalized spacial score (nSPS) is 20.8. The number of rotatable bonds is 3. The lowest BCUT2D eigenvalue weighted by molar-refractivity contribution is 0.0499. The fraction of sp³-hybridized carbons (Fsp3) is 0.294. The van der Waals surface area contributed by atoms with E-state index in [4.69, 9.17) is 9.15 Å². The van der Waals surface area contributed by atoms with Crippen molar-refractivity contribution < 1.29 is 18.7 Å². The van der Waals surface area contributed by atoms with Crippen LogP contribution in [0.25, 0.3) is 11.3 Å². The molecular formula is C17H16O4. The zero-order valence-corrected chi connectivity index (χ0v) is 12.0. The third kappa shape index (κ3) is 2.37. The molecule has 2 heterocycles. The lowest BCUT2D eigenvalue weighted by Gasteiger charge is -2.34. The van der Waals surface area contributed by atoms with Crippen LogP contribution >= 0.6 is 0 Å². The first kappa shape index (κ1) is 13.6. The molecule has 21 heavy (non-hydrogen) atoms. The number of aldehydes is 1. The maximum Gasteiger partial charge on any atom is 0.185 e. The minimum absolute atomic E-state index is 0.0737. The second-order valence-electron chi connectivity index (χ2n) is 5.54. The molecule has 1 atom stereocenters. The van der Waals surface area contributed by atoms with E-state index in [9.17, 15) is 9.59 Å². The number of ketones is 1. The maximum atomic E-state index is 12.3. The molecule has 0 fully saturated rings. The summed E-state index contributed by atoms with van der Waals surface area (Å²) in [6.45, 7) is 3.96. The van der Waals surface area contributed by atoms with Crippen LogP contribution in [0.1, 0.15) is 47.6 Å². The van der Waals surface area contributed by atoms with E-state index in [0.29, 0.717) is 29.8 Å². The molecule has 1 aliphatic rings. The first-order valence-corrected chi connectivity index (χ1v) is 6.96. The van der Waals surface area contributed by atoms with E-state index in [1.54, 1.807) is 24.3 Å². The van der Waals surface area contributed by atoms with Gasteiger partial charge in [-0.15, -0.1) is 0 Å². The van der Waals surface area contributed by atoms with Gasteiger partial charge in [0.15, 0.2) is 17.8 Å². The number of hydrogen-bond donors (Lipinski definition) is 0. The standard InChI is InChI=1S/C17H16O4/c1-3-17(2)9-14(19)13-8-11(4-6-16(13)21-17)15-7-5-12(10-18)20-15/h4-8,10H,3,9H2,1-2H3. The van der Waals surface area contributed by atoms with Gasteiger partial charge in [0.25, 0.3) is 0 Å². The summed E-state index contributed by atoms with van der Waals surface area (Å²) < 4.78 is 11.3. The van der Waals surface area contributed by atoms with Gasteiger partial charge in [0.05, 0.1) is 12.0 Å². The van der Waals surface area contributed by atoms with Gasteiger partial charge in [0, 0.05) is 5.56 Å². The molecular weight excluding hydrogens is 268 g/mol. The van der Waals surface area contributed by atoms with Gasteiger partial charge in [-0.25, -0.2) is 0 Å². The third-order valence-electron chi connectivity index (χ3n) is 3.95. The zero-order valence-electron chi connectivity index (χ0n) is 12.0. The van der Waals surface area contributed by atoms with Crippen LogP contribution in [0.2, 0.25) is 0 Å². The van der Waals surface area contributed by atoms with E-state index >= 15 is 0 Å². The monoisotopic (exact) mass is 284 g/mol. The Morgan fingerprint density at radius 2 is 2.10 bits per heavy atom. The van der Waals surface area contributed by atoms with E-state index in [1.807, 2.05) is 19.9 Å². The first-order valence-electron chi connectivity index (χ1n) is 6.96. The Balaban J connectivity index is 2.01. The zero-order chi connectivity index (χ0) is 15.0. The van der Waals surface area contributed by atoms with Crippen LogP contribution in [0.5, 0.6) is 5.75 Å². The Morgan fingerprint density at radius 3 is 2.76 bits per heavy atom. The van der Waals surface area contributed by atoms with Crippen LogP contribution in [0, 0.1) is 0 Å². The van der Waals surface area contributed by atoms with Gasteiger partial charge in [0.2, 0.25) is 0 Å². The Labute approximate surface area is 122 Å². The quantitative estimate of drug-likeness (QED) is 0.802. The van der Waals surface area contributed by atoms with Crippen molar-refractivity contribution in [3.8, 4) is 17.1 Å². The van der Waals surface area contributed by atoms with Crippen LogP contribution in [0.3, 0.4) is 0 Å². The predicted octanol–water partition coefficient (Wildman–Crippen LogP) is 3.89. The lowest BCUT2D eigenvalue weighted by Crippen LogP contribution is -2.38. The maximum absolute atomic E-state index is 12.3. The smallest absolute Gasteiger partial charge is 0.185 e. The van der Waals surface area contributed by atoms with Gasteiger partial charge in [-0.05, 0) is 43.7 Å². The molecule has 0 radical (unpaired) electrons. The van der Waals surface area contributed by atoms with Crippen molar-refractivity contribution >= 4 is 12.1 Å². The molecule has 2 aromatic rings. The average molecular weight is 284 g/mol. The van der Waals surface area contributed by atoms with Crippen LogP contribution in [-0.2, 0) is 0 Å². The van der Waals surface area contributed by atoms with Crippen LogP contribution in [-0.4, -0.2) is 17.7 Å². The summed E-state index contributed by atoms with van der Waals surface area (Å²) in [4.78, 5) is 23.0. The van der Waals surface area contributed by atoms with Crippen molar-refractivity contribution in [2.45, 2.75) is 32.3 Å². The molecule has 1 aromatic carbocycles. The summed E-state index contributed by atoms with van der Waals surface area (Å²) in [5, 5.41) is 0. The van der Waals surface area contributed by atoms with Crippen LogP contribution in [0.15, 0.2) is 34.7 Å². The molecule has 0 aliphatic carbocycles. The van der Waals surface area contributed by atoms with E-state index in [-0.39, 0.29) is 11.5 Å². The van der Waals surface area contributed by atoms with E-state index in [0.717, 1.165) is 12.0 Å². The highest BCUT2D eigenvalue weighted by atomic mass is 16.5. The first-order chi connectivity index (χ1) is 10.0. The number of hydrogen-bond acceptors (Lipinski definition) is 4. The van der Waals surface area contributed by atoms with Crippen LogP contribution in [0.4, 0.5) is 0 Å². The lowest BCUT2D eigenvalue weighted by atomic mass is 9.89. The summed E-state index contributed by atoms with van der Waals surface area (Å²) in [6.07, 6.45) is 1.81. The van der Waals surface area contributed by atoms with Crippen molar-refractivity contribution in [1.82, 2.24) is 0 Å². The molecule has 108 valence electrons. The fourth-order valence-electron chi connectivity index (χ4n) is 2.50. The van der Waals surface area contributed by atoms with Gasteiger partial charge >= 0.3 is 0 Å². The molecule has 1 aliphatic heterocycles. The highest BCUT2D eigenvalue weighted by molar-refractivity contribution is 6.01. The van der Waals surface area contributed by atoms with Crippen molar-refractivity contribution in [2.24, 2.45) is 0 Å². The molecule has 0 saturated carbocycles. The Morgan fingerprint density at radius 1 is 1.29 bits per heavy atom. The number of fused-ring (bicyclic) bond motifs is 1. The number of carbonyl (C=O) groups excluding carboxylic acids is 2. The number of carbonyl (C=O) groups is 2. The van der Waals surface area contributed by atoms with Gasteiger partial charge in [-0.2, -0.15) is 0 Å². The van der Waals surface area contributed by atoms with Gasteiger partial charge in [-0.3, -0.25) is 9.59 Å². The topological polar surface area (TPSA) is 56.5 Å². The Kier molecular flexibility index (Phi) is 3.16. The SMILES string of the molecule is CCC1(C)CC(=O)c2cc(-c3ccc(C=O)o3)ccc2O1. The largest absolute Gasteiger partial charge is 0.486 e. The molecule has 0 spiro atoms. The molecule has 4 heteroatoms. The van der Waals surface area contributed by atoms with Crippen molar-refractivity contribution in [1.29, 1.82) is 0 Å². The Bertz CT molecular complexity index is 713. The summed E-state index contributed by atoms with van der Waals surface area (Å²) in [6, 6.07) is 8.71. The summed E-state index contributed by atoms with van der Waals surface area (Å²) >= 11 is 0. The predicted molar refractivity (Wildman–Crippen MR) is 77.8 cm³/mol. The van der Waals surface area contributed by atoms with Crippen LogP contribution < -0.4 is 4.74 Å². The van der Waals surface area contributed by atoms with Gasteiger partial charge in [0.1, 0.15) is 17.1 Å². The van der Waals surface area contributed by atoms with Crippen molar-refractivity contribution in [3.63, 3.8) is 0 Å². The number of benzene rings is 1. The number of ether oxygens (including phenoxy) is 1. The fourth-order valence-corrected chi connectivity index (χ4v) is 2.50. The van der Waals surface area contributed by atoms with Gasteiger partial charge < -0.3 is 9.15 Å². The minimum Gasteiger partial charge on any atom is -0.486 e. The minimum atomic E-state index is -0.430. The third-order valence-corrected chi connectivity index (χ3v) is 3.95. The number of Topliss-reactive ketones (excluding diaryl/α,β-unsaturated/α-hetero) is 1. The molecule has 4 nitrogen and oxygen atoms in total. The summed E-state index contributed by atoms with van der Waals surface area (Å²) in [5.74, 6) is 1.52. The molecule has 0 saturated heterocycles. The average Bonchev–Trinajstić information content (AvgIpc) is 2.96. The van der Waals surface area contributed by atoms with E-state index < -0.39 is 5.60 Å². The van der Waals surface area contributed by atoms with Gasteiger partial charge in [-0.1, -0.05) is 6.92 Å². The second-order valence-corrected chi connectivity index (χ2v) is 5.54. The van der Waals surface area contributed by atoms with E-state index in [1.165, 1.54) is 0 Å². The summed E-state index contributed by atoms with van der Waals surface area (Å²) in [7, 11) is 0. The highest BCUT2D eigenvalue weighted by Gasteiger charge is 2.35. The summed E-state index contributed by atoms with van der Waals surface area (Å²) in [5.41, 5.74) is 0.905. The molecule has 0 N–H and O–H groups in total. The highest BCUT2D eigenvalue weighted by Crippen LogP contribution is 2.37. The number of furan rings is 1. The molecule has 0 amide bonds. The molecule has 1 unspecified atom stereocenters. The van der Waals surface area contributed by atoms with E-state index in [2.05, 4.69) is 0 Å². The second kappa shape index (κ2) is 4.88. The Hall–Kier alpha value is -2.36. The van der Waals surface area contributed by atoms with Crippen molar-refractivity contribution in [3.05, 3.63) is 41.7 Å². The van der Waals surface area contributed by atoms with Crippen molar-refractivity contribution in [2.75, 3.05) is 0 Å². The molecule has 0 bridgehead atoms. The molecule has 3 rings (SSSR count). The molecule has 1 aromatic heterocycles.